The fourth-order valence-corrected chi connectivity index (χ4v) is 4.91. The number of anilines is 2. The molecule has 0 saturated heterocycles. The highest BCUT2D eigenvalue weighted by molar-refractivity contribution is 7.99. The van der Waals surface area contributed by atoms with Crippen LogP contribution in [0.15, 0.2) is 107 Å². The molecular weight excluding hydrogens is 456 g/mol. The van der Waals surface area contributed by atoms with E-state index in [1.54, 1.807) is 11.0 Å². The van der Waals surface area contributed by atoms with E-state index in [9.17, 15) is 9.59 Å². The molecule has 35 heavy (non-hydrogen) atoms. The number of benzene rings is 4. The van der Waals surface area contributed by atoms with Crippen molar-refractivity contribution in [3.05, 3.63) is 107 Å². The van der Waals surface area contributed by atoms with Crippen molar-refractivity contribution in [1.29, 1.82) is 0 Å². The molecule has 0 saturated carbocycles. The zero-order valence-corrected chi connectivity index (χ0v) is 20.0. The number of rotatable bonds is 7. The number of amides is 1. The Kier molecular flexibility index (Phi) is 6.50. The molecule has 0 bridgehead atoms. The monoisotopic (exact) mass is 480 g/mol. The third kappa shape index (κ3) is 4.63. The number of carbonyl (C=O) groups is 1. The van der Waals surface area contributed by atoms with Gasteiger partial charge in [0.1, 0.15) is 0 Å². The lowest BCUT2D eigenvalue weighted by atomic mass is 10.1. The Balaban J connectivity index is 1.47. The molecule has 0 radical (unpaired) electrons. The van der Waals surface area contributed by atoms with Gasteiger partial charge in [-0.15, -0.1) is 0 Å². The molecule has 0 aliphatic rings. The van der Waals surface area contributed by atoms with Crippen LogP contribution in [0.5, 0.6) is 0 Å². The quantitative estimate of drug-likeness (QED) is 0.244. The van der Waals surface area contributed by atoms with E-state index in [4.69, 9.17) is 4.98 Å². The number of nitrogens with zero attached hydrogens (tertiary/aromatic N) is 3. The molecule has 7 heteroatoms. The second kappa shape index (κ2) is 10.0. The van der Waals surface area contributed by atoms with E-state index in [0.29, 0.717) is 22.6 Å². The van der Waals surface area contributed by atoms with Crippen LogP contribution in [0.25, 0.3) is 21.7 Å². The van der Waals surface area contributed by atoms with Gasteiger partial charge in [0, 0.05) is 11.9 Å². The van der Waals surface area contributed by atoms with E-state index in [-0.39, 0.29) is 17.2 Å². The van der Waals surface area contributed by atoms with Crippen LogP contribution in [0.1, 0.15) is 6.92 Å². The van der Waals surface area contributed by atoms with E-state index in [2.05, 4.69) is 5.43 Å². The van der Waals surface area contributed by atoms with Crippen LogP contribution in [0.2, 0.25) is 0 Å². The first kappa shape index (κ1) is 22.7. The van der Waals surface area contributed by atoms with Crippen molar-refractivity contribution in [3.8, 4) is 0 Å². The number of para-hydroxylation sites is 2. The summed E-state index contributed by atoms with van der Waals surface area (Å²) in [5, 5.41) is 3.06. The van der Waals surface area contributed by atoms with E-state index in [0.717, 1.165) is 22.1 Å². The Labute approximate surface area is 207 Å². The lowest BCUT2D eigenvalue weighted by Crippen LogP contribution is -2.33. The van der Waals surface area contributed by atoms with Gasteiger partial charge in [-0.05, 0) is 42.6 Å². The number of hydrogen-bond acceptors (Lipinski definition) is 5. The van der Waals surface area contributed by atoms with Gasteiger partial charge < -0.3 is 4.90 Å². The summed E-state index contributed by atoms with van der Waals surface area (Å²) in [5.41, 5.74) is 5.17. The fraction of sp³-hybridized carbons (Fsp3) is 0.107. The van der Waals surface area contributed by atoms with Crippen molar-refractivity contribution in [2.24, 2.45) is 0 Å². The molecule has 0 fully saturated rings. The SMILES string of the molecule is CCN(C(=O)CSc1nc2ccccc2c(=O)n1Nc1ccccc1)c1cccc2ccccc12. The van der Waals surface area contributed by atoms with Gasteiger partial charge in [-0.1, -0.05) is 78.5 Å². The number of carbonyl (C=O) groups excluding carboxylic acids is 1. The Morgan fingerprint density at radius 3 is 2.37 bits per heavy atom. The van der Waals surface area contributed by atoms with Crippen molar-refractivity contribution in [2.45, 2.75) is 12.1 Å². The number of thioether (sulfide) groups is 1. The molecule has 1 amide bonds. The molecule has 0 aliphatic carbocycles. The summed E-state index contributed by atoms with van der Waals surface area (Å²) in [5.74, 6) is 0.0840. The zero-order valence-electron chi connectivity index (χ0n) is 19.2. The normalized spacial score (nSPS) is 11.0. The Morgan fingerprint density at radius 1 is 0.886 bits per heavy atom. The van der Waals surface area contributed by atoms with Gasteiger partial charge in [-0.3, -0.25) is 15.0 Å². The average molecular weight is 481 g/mol. The van der Waals surface area contributed by atoms with Gasteiger partial charge in [-0.2, -0.15) is 4.68 Å². The van der Waals surface area contributed by atoms with Crippen LogP contribution < -0.4 is 15.9 Å². The minimum absolute atomic E-state index is 0.0532. The lowest BCUT2D eigenvalue weighted by molar-refractivity contribution is -0.116. The van der Waals surface area contributed by atoms with Crippen LogP contribution in [0, 0.1) is 0 Å². The van der Waals surface area contributed by atoms with Crippen molar-refractivity contribution in [3.63, 3.8) is 0 Å². The summed E-state index contributed by atoms with van der Waals surface area (Å²) in [7, 11) is 0. The maximum absolute atomic E-state index is 13.4. The molecule has 5 aromatic rings. The third-order valence-corrected chi connectivity index (χ3v) is 6.68. The lowest BCUT2D eigenvalue weighted by Gasteiger charge is -2.23. The molecule has 174 valence electrons. The Bertz CT molecular complexity index is 1560. The number of fused-ring (bicyclic) bond motifs is 2. The molecule has 1 N–H and O–H groups in total. The van der Waals surface area contributed by atoms with Crippen molar-refractivity contribution < 1.29 is 4.79 Å². The summed E-state index contributed by atoms with van der Waals surface area (Å²) in [6.45, 7) is 2.50. The standard InChI is InChI=1S/C28H24N4O2S/c1-2-31(25-18-10-12-20-11-6-7-15-22(20)25)26(33)19-35-28-29-24-17-9-8-16-23(24)27(34)32(28)30-21-13-4-3-5-14-21/h3-18,30H,2,19H2,1H3. The van der Waals surface area contributed by atoms with Crippen molar-refractivity contribution in [2.75, 3.05) is 22.6 Å². The molecule has 1 heterocycles. The molecule has 5 rings (SSSR count). The minimum atomic E-state index is -0.212. The zero-order chi connectivity index (χ0) is 24.2. The summed E-state index contributed by atoms with van der Waals surface area (Å²) >= 11 is 1.25. The van der Waals surface area contributed by atoms with Crippen molar-refractivity contribution in [1.82, 2.24) is 9.66 Å². The maximum Gasteiger partial charge on any atom is 0.280 e. The summed E-state index contributed by atoms with van der Waals surface area (Å²) in [6.07, 6.45) is 0. The number of hydrogen-bond donors (Lipinski definition) is 1. The second-order valence-corrected chi connectivity index (χ2v) is 8.90. The summed E-state index contributed by atoms with van der Waals surface area (Å²) in [6, 6.07) is 30.7. The van der Waals surface area contributed by atoms with Crippen molar-refractivity contribution >= 4 is 50.7 Å². The first-order chi connectivity index (χ1) is 17.2. The molecule has 0 aliphatic heterocycles. The molecule has 1 aromatic heterocycles. The van der Waals surface area contributed by atoms with Gasteiger partial charge in [-0.25, -0.2) is 4.98 Å². The average Bonchev–Trinajstić information content (AvgIpc) is 2.90. The highest BCUT2D eigenvalue weighted by atomic mass is 32.2. The predicted octanol–water partition coefficient (Wildman–Crippen LogP) is 5.57. The summed E-state index contributed by atoms with van der Waals surface area (Å²) < 4.78 is 1.42. The van der Waals surface area contributed by atoms with Gasteiger partial charge in [0.15, 0.2) is 5.16 Å². The predicted molar refractivity (Wildman–Crippen MR) is 144 cm³/mol. The highest BCUT2D eigenvalue weighted by Crippen LogP contribution is 2.28. The topological polar surface area (TPSA) is 67.2 Å². The number of aromatic nitrogens is 2. The van der Waals surface area contributed by atoms with Gasteiger partial charge in [0.25, 0.3) is 5.56 Å². The molecule has 0 spiro atoms. The van der Waals surface area contributed by atoms with Crippen LogP contribution in [-0.4, -0.2) is 27.9 Å². The first-order valence-corrected chi connectivity index (χ1v) is 12.4. The van der Waals surface area contributed by atoms with Gasteiger partial charge >= 0.3 is 0 Å². The van der Waals surface area contributed by atoms with Crippen LogP contribution >= 0.6 is 11.8 Å². The van der Waals surface area contributed by atoms with E-state index in [1.165, 1.54) is 16.4 Å². The van der Waals surface area contributed by atoms with Gasteiger partial charge in [0.05, 0.1) is 28.0 Å². The largest absolute Gasteiger partial charge is 0.311 e. The fourth-order valence-electron chi connectivity index (χ4n) is 4.08. The molecule has 6 nitrogen and oxygen atoms in total. The van der Waals surface area contributed by atoms with E-state index >= 15 is 0 Å². The Morgan fingerprint density at radius 2 is 1.57 bits per heavy atom. The van der Waals surface area contributed by atoms with Crippen LogP contribution in [-0.2, 0) is 4.79 Å². The van der Waals surface area contributed by atoms with E-state index in [1.807, 2.05) is 97.9 Å². The molecular formula is C28H24N4O2S. The minimum Gasteiger partial charge on any atom is -0.311 e. The molecule has 0 atom stereocenters. The third-order valence-electron chi connectivity index (χ3n) is 5.76. The van der Waals surface area contributed by atoms with Gasteiger partial charge in [0.2, 0.25) is 5.91 Å². The second-order valence-electron chi connectivity index (χ2n) is 7.95. The van der Waals surface area contributed by atoms with E-state index < -0.39 is 0 Å². The van der Waals surface area contributed by atoms with Crippen LogP contribution in [0.3, 0.4) is 0 Å². The molecule has 0 unspecified atom stereocenters. The Hall–Kier alpha value is -4.10. The van der Waals surface area contributed by atoms with Crippen LogP contribution in [0.4, 0.5) is 11.4 Å². The smallest absolute Gasteiger partial charge is 0.280 e. The molecule has 4 aromatic carbocycles. The first-order valence-electron chi connectivity index (χ1n) is 11.4. The highest BCUT2D eigenvalue weighted by Gasteiger charge is 2.19. The number of nitrogens with one attached hydrogen (secondary N) is 1. The maximum atomic E-state index is 13.4. The summed E-state index contributed by atoms with van der Waals surface area (Å²) in [4.78, 5) is 33.2.